The Hall–Kier alpha value is -1.74. The number of rotatable bonds is 3. The Kier molecular flexibility index (Phi) is 6.47. The highest BCUT2D eigenvalue weighted by Crippen LogP contribution is 2.38. The summed E-state index contributed by atoms with van der Waals surface area (Å²) in [7, 11) is 0. The molecular weight excluding hydrogens is 453 g/mol. The molecule has 1 aromatic heterocycles. The third-order valence-electron chi connectivity index (χ3n) is 3.09. The lowest BCUT2D eigenvalue weighted by Gasteiger charge is -2.16. The first-order chi connectivity index (χ1) is 12.4. The fourth-order valence-corrected chi connectivity index (χ4v) is 2.80. The molecular formula is C15H8Cl4F3N3O2. The number of aromatic nitrogens is 1. The number of hydrogen-bond acceptors (Lipinski definition) is 3. The normalized spacial score (nSPS) is 11.3. The van der Waals surface area contributed by atoms with Gasteiger partial charge in [-0.25, -0.2) is 4.98 Å². The molecule has 0 aliphatic rings. The van der Waals surface area contributed by atoms with Gasteiger partial charge in [0.25, 0.3) is 5.91 Å². The Morgan fingerprint density at radius 3 is 2.19 bits per heavy atom. The lowest BCUT2D eigenvalue weighted by Crippen LogP contribution is -2.19. The van der Waals surface area contributed by atoms with E-state index >= 15 is 0 Å². The van der Waals surface area contributed by atoms with Gasteiger partial charge in [0, 0.05) is 12.6 Å². The fourth-order valence-electron chi connectivity index (χ4n) is 1.99. The van der Waals surface area contributed by atoms with Crippen LogP contribution in [-0.2, 0) is 11.0 Å². The van der Waals surface area contributed by atoms with Gasteiger partial charge in [0.15, 0.2) is 0 Å². The van der Waals surface area contributed by atoms with Crippen LogP contribution in [0.15, 0.2) is 18.2 Å². The van der Waals surface area contributed by atoms with E-state index in [1.807, 2.05) is 5.32 Å². The summed E-state index contributed by atoms with van der Waals surface area (Å²) in [5.74, 6) is -1.64. The summed E-state index contributed by atoms with van der Waals surface area (Å²) >= 11 is 23.2. The van der Waals surface area contributed by atoms with Crippen molar-refractivity contribution in [3.63, 3.8) is 0 Å². The summed E-state index contributed by atoms with van der Waals surface area (Å²) in [6.45, 7) is 1.14. The van der Waals surface area contributed by atoms with E-state index in [9.17, 15) is 22.8 Å². The molecule has 0 aliphatic heterocycles. The maximum atomic E-state index is 13.3. The highest BCUT2D eigenvalue weighted by Gasteiger charge is 2.35. The number of pyridine rings is 1. The molecule has 2 aromatic rings. The van der Waals surface area contributed by atoms with Crippen molar-refractivity contribution in [2.24, 2.45) is 0 Å². The van der Waals surface area contributed by atoms with Crippen LogP contribution in [-0.4, -0.2) is 16.8 Å². The minimum atomic E-state index is -4.82. The molecule has 0 radical (unpaired) electrons. The van der Waals surface area contributed by atoms with E-state index in [4.69, 9.17) is 46.4 Å². The number of anilines is 2. The van der Waals surface area contributed by atoms with Crippen LogP contribution in [0.4, 0.5) is 24.5 Å². The van der Waals surface area contributed by atoms with Crippen molar-refractivity contribution in [3.8, 4) is 0 Å². The molecule has 0 spiro atoms. The minimum Gasteiger partial charge on any atom is -0.326 e. The smallest absolute Gasteiger partial charge is 0.326 e. The Morgan fingerprint density at radius 1 is 1.00 bits per heavy atom. The number of carbonyl (C=O) groups is 2. The molecule has 0 atom stereocenters. The molecule has 0 bridgehead atoms. The van der Waals surface area contributed by atoms with Gasteiger partial charge in [-0.2, -0.15) is 13.2 Å². The van der Waals surface area contributed by atoms with Crippen LogP contribution in [0.25, 0.3) is 0 Å². The summed E-state index contributed by atoms with van der Waals surface area (Å²) < 4.78 is 39.9. The predicted molar refractivity (Wildman–Crippen MR) is 98.0 cm³/mol. The number of nitrogens with one attached hydrogen (secondary N) is 2. The third-order valence-corrected chi connectivity index (χ3v) is 4.77. The summed E-state index contributed by atoms with van der Waals surface area (Å²) in [6, 6.07) is 2.83. The first-order valence-corrected chi connectivity index (χ1v) is 8.43. The van der Waals surface area contributed by atoms with Crippen LogP contribution in [0.1, 0.15) is 23.0 Å². The van der Waals surface area contributed by atoms with E-state index in [1.165, 1.54) is 6.07 Å². The van der Waals surface area contributed by atoms with E-state index in [2.05, 4.69) is 10.3 Å². The largest absolute Gasteiger partial charge is 0.418 e. The maximum Gasteiger partial charge on any atom is 0.418 e. The zero-order valence-corrected chi connectivity index (χ0v) is 16.2. The van der Waals surface area contributed by atoms with Gasteiger partial charge in [0.1, 0.15) is 10.8 Å². The standard InChI is InChI=1S/C15H8Cl4F3N3O2/c1-5(26)23-6-2-3-8(7(4-6)15(20,21)22)24-14(27)12-10(17)9(16)11(18)13(19)25-12/h2-4H,1H3,(H,23,26)(H,24,27). The van der Waals surface area contributed by atoms with E-state index < -0.39 is 34.9 Å². The van der Waals surface area contributed by atoms with Gasteiger partial charge in [-0.3, -0.25) is 9.59 Å². The fraction of sp³-hybridized carbons (Fsp3) is 0.133. The molecule has 0 saturated carbocycles. The zero-order valence-electron chi connectivity index (χ0n) is 13.1. The van der Waals surface area contributed by atoms with Crippen LogP contribution in [0.3, 0.4) is 0 Å². The summed E-state index contributed by atoms with van der Waals surface area (Å²) in [5, 5.41) is 3.10. The predicted octanol–water partition coefficient (Wildman–Crippen LogP) is 5.92. The molecule has 1 heterocycles. The number of halogens is 7. The molecule has 144 valence electrons. The van der Waals surface area contributed by atoms with E-state index in [0.717, 1.165) is 13.0 Å². The maximum absolute atomic E-state index is 13.3. The molecule has 2 N–H and O–H groups in total. The van der Waals surface area contributed by atoms with Crippen molar-refractivity contribution in [2.45, 2.75) is 13.1 Å². The summed E-state index contributed by atoms with van der Waals surface area (Å²) in [4.78, 5) is 27.0. The van der Waals surface area contributed by atoms with E-state index in [1.54, 1.807) is 0 Å². The lowest BCUT2D eigenvalue weighted by molar-refractivity contribution is -0.137. The highest BCUT2D eigenvalue weighted by atomic mass is 35.5. The monoisotopic (exact) mass is 459 g/mol. The second kappa shape index (κ2) is 8.10. The van der Waals surface area contributed by atoms with Crippen LogP contribution < -0.4 is 10.6 Å². The van der Waals surface area contributed by atoms with E-state index in [0.29, 0.717) is 6.07 Å². The van der Waals surface area contributed by atoms with Crippen molar-refractivity contribution in [3.05, 3.63) is 49.7 Å². The molecule has 12 heteroatoms. The lowest BCUT2D eigenvalue weighted by atomic mass is 10.1. The Bertz CT molecular complexity index is 935. The average Bonchev–Trinajstić information content (AvgIpc) is 2.56. The van der Waals surface area contributed by atoms with Crippen molar-refractivity contribution in [2.75, 3.05) is 10.6 Å². The van der Waals surface area contributed by atoms with Crippen molar-refractivity contribution in [1.82, 2.24) is 4.98 Å². The Morgan fingerprint density at radius 2 is 1.63 bits per heavy atom. The molecule has 27 heavy (non-hydrogen) atoms. The molecule has 0 fully saturated rings. The van der Waals surface area contributed by atoms with Crippen LogP contribution in [0.5, 0.6) is 0 Å². The topological polar surface area (TPSA) is 71.1 Å². The number of amides is 2. The second-order valence-corrected chi connectivity index (χ2v) is 6.58. The SMILES string of the molecule is CC(=O)Nc1ccc(NC(=O)c2nc(Cl)c(Cl)c(Cl)c2Cl)c(C(F)(F)F)c1. The molecule has 2 rings (SSSR count). The molecule has 0 unspecified atom stereocenters. The first-order valence-electron chi connectivity index (χ1n) is 6.92. The third kappa shape index (κ3) is 4.95. The minimum absolute atomic E-state index is 0.0958. The van der Waals surface area contributed by atoms with Gasteiger partial charge in [0.05, 0.1) is 26.3 Å². The van der Waals surface area contributed by atoms with Crippen LogP contribution in [0.2, 0.25) is 20.2 Å². The molecule has 0 saturated heterocycles. The number of benzene rings is 1. The molecule has 1 aromatic carbocycles. The van der Waals surface area contributed by atoms with Gasteiger partial charge >= 0.3 is 6.18 Å². The average molecular weight is 461 g/mol. The number of nitrogens with zero attached hydrogens (tertiary/aromatic N) is 1. The summed E-state index contributed by atoms with van der Waals surface area (Å²) in [6.07, 6.45) is -4.82. The zero-order chi connectivity index (χ0) is 20.5. The Balaban J connectivity index is 2.45. The van der Waals surface area contributed by atoms with Crippen molar-refractivity contribution < 1.29 is 22.8 Å². The second-order valence-electron chi connectivity index (χ2n) is 5.09. The number of alkyl halides is 3. The molecule has 5 nitrogen and oxygen atoms in total. The van der Waals surface area contributed by atoms with E-state index in [-0.39, 0.29) is 25.9 Å². The highest BCUT2D eigenvalue weighted by molar-refractivity contribution is 6.52. The van der Waals surface area contributed by atoms with Crippen molar-refractivity contribution >= 4 is 69.6 Å². The van der Waals surface area contributed by atoms with Gasteiger partial charge in [-0.05, 0) is 18.2 Å². The van der Waals surface area contributed by atoms with Gasteiger partial charge < -0.3 is 10.6 Å². The molecule has 2 amide bonds. The summed E-state index contributed by atoms with van der Waals surface area (Å²) in [5.41, 5.74) is -2.37. The first kappa shape index (κ1) is 21.6. The number of hydrogen-bond donors (Lipinski definition) is 2. The Labute approximate surface area is 170 Å². The van der Waals surface area contributed by atoms with Crippen LogP contribution in [0, 0.1) is 0 Å². The van der Waals surface area contributed by atoms with Gasteiger partial charge in [-0.1, -0.05) is 46.4 Å². The van der Waals surface area contributed by atoms with Crippen LogP contribution >= 0.6 is 46.4 Å². The quantitative estimate of drug-likeness (QED) is 0.558. The van der Waals surface area contributed by atoms with Gasteiger partial charge in [0.2, 0.25) is 5.91 Å². The van der Waals surface area contributed by atoms with Gasteiger partial charge in [-0.15, -0.1) is 0 Å². The molecule has 0 aliphatic carbocycles. The van der Waals surface area contributed by atoms with Crippen molar-refractivity contribution in [1.29, 1.82) is 0 Å². The number of carbonyl (C=O) groups excluding carboxylic acids is 2.